The van der Waals surface area contributed by atoms with Crippen LogP contribution in [0.15, 0.2) is 0 Å². The summed E-state index contributed by atoms with van der Waals surface area (Å²) in [5, 5.41) is 5.01. The Morgan fingerprint density at radius 1 is 1.03 bits per heavy atom. The molecule has 32 heavy (non-hydrogen) atoms. The minimum atomic E-state index is 0.327. The topological polar surface area (TPSA) is 62.8 Å². The lowest BCUT2D eigenvalue weighted by Crippen LogP contribution is -2.45. The largest absolute Gasteiger partial charge is 0.379 e. The van der Waals surface area contributed by atoms with Gasteiger partial charge in [-0.25, -0.2) is 9.97 Å². The van der Waals surface area contributed by atoms with Crippen molar-refractivity contribution in [3.63, 3.8) is 0 Å². The van der Waals surface area contributed by atoms with Crippen LogP contribution in [-0.4, -0.2) is 84.5 Å². The summed E-state index contributed by atoms with van der Waals surface area (Å²) in [7, 11) is 0. The van der Waals surface area contributed by atoms with Crippen molar-refractivity contribution in [2.75, 3.05) is 57.8 Å². The lowest BCUT2D eigenvalue weighted by atomic mass is 9.97. The Kier molecular flexibility index (Phi) is 7.23. The van der Waals surface area contributed by atoms with E-state index in [0.717, 1.165) is 77.1 Å². The van der Waals surface area contributed by atoms with Gasteiger partial charge in [-0.3, -0.25) is 9.80 Å². The molecule has 2 aliphatic heterocycles. The van der Waals surface area contributed by atoms with Crippen LogP contribution in [0.25, 0.3) is 10.2 Å². The smallest absolute Gasteiger partial charge is 0.146 e. The van der Waals surface area contributed by atoms with E-state index in [1.807, 2.05) is 11.3 Å². The summed E-state index contributed by atoms with van der Waals surface area (Å²) >= 11 is 1.90. The summed E-state index contributed by atoms with van der Waals surface area (Å²) < 4.78 is 11.4. The second-order valence-electron chi connectivity index (χ2n) is 9.57. The first kappa shape index (κ1) is 22.5. The maximum Gasteiger partial charge on any atom is 0.146 e. The fourth-order valence-corrected chi connectivity index (χ4v) is 6.62. The third-order valence-corrected chi connectivity index (χ3v) is 7.95. The van der Waals surface area contributed by atoms with Gasteiger partial charge in [0.25, 0.3) is 0 Å². The molecule has 4 heterocycles. The van der Waals surface area contributed by atoms with E-state index in [2.05, 4.69) is 29.0 Å². The van der Waals surface area contributed by atoms with Crippen LogP contribution in [0.4, 0.5) is 5.82 Å². The van der Waals surface area contributed by atoms with Gasteiger partial charge < -0.3 is 14.8 Å². The van der Waals surface area contributed by atoms with Gasteiger partial charge in [-0.1, -0.05) is 0 Å². The molecular weight excluding hydrogens is 422 g/mol. The van der Waals surface area contributed by atoms with Gasteiger partial charge >= 0.3 is 0 Å². The summed E-state index contributed by atoms with van der Waals surface area (Å²) in [4.78, 5) is 17.7. The molecule has 2 unspecified atom stereocenters. The molecule has 2 fully saturated rings. The van der Waals surface area contributed by atoms with Gasteiger partial charge in [0.2, 0.25) is 0 Å². The molecule has 0 spiro atoms. The molecule has 1 aliphatic carbocycles. The third-order valence-electron chi connectivity index (χ3n) is 6.77. The number of nitrogens with zero attached hydrogens (tertiary/aromatic N) is 4. The van der Waals surface area contributed by atoms with Crippen LogP contribution in [0.2, 0.25) is 0 Å². The molecule has 0 amide bonds. The van der Waals surface area contributed by atoms with E-state index in [4.69, 9.17) is 19.4 Å². The second-order valence-corrected chi connectivity index (χ2v) is 10.6. The number of aryl methyl sites for hydroxylation is 2. The number of hydrogen-bond donors (Lipinski definition) is 1. The quantitative estimate of drug-likeness (QED) is 0.638. The zero-order chi connectivity index (χ0) is 21.9. The Bertz CT molecular complexity index is 903. The van der Waals surface area contributed by atoms with E-state index >= 15 is 0 Å². The van der Waals surface area contributed by atoms with Gasteiger partial charge in [0.05, 0.1) is 37.4 Å². The van der Waals surface area contributed by atoms with Crippen molar-refractivity contribution >= 4 is 27.4 Å². The fraction of sp³-hybridized carbons (Fsp3) is 0.750. The lowest BCUT2D eigenvalue weighted by Gasteiger charge is -2.35. The number of anilines is 1. The van der Waals surface area contributed by atoms with Gasteiger partial charge in [-0.2, -0.15) is 0 Å². The molecule has 5 rings (SSSR count). The number of thiophene rings is 1. The molecule has 0 saturated carbocycles. The van der Waals surface area contributed by atoms with E-state index in [1.165, 1.54) is 46.3 Å². The minimum Gasteiger partial charge on any atom is -0.379 e. The van der Waals surface area contributed by atoms with Crippen molar-refractivity contribution < 1.29 is 9.47 Å². The summed E-state index contributed by atoms with van der Waals surface area (Å²) in [5.41, 5.74) is 1.51. The Morgan fingerprint density at radius 3 is 2.62 bits per heavy atom. The normalized spacial score (nSPS) is 25.2. The van der Waals surface area contributed by atoms with E-state index < -0.39 is 0 Å². The van der Waals surface area contributed by atoms with Crippen molar-refractivity contribution in [2.24, 2.45) is 0 Å². The maximum absolute atomic E-state index is 5.87. The van der Waals surface area contributed by atoms with Crippen LogP contribution in [0.1, 0.15) is 49.4 Å². The highest BCUT2D eigenvalue weighted by Crippen LogP contribution is 2.38. The third kappa shape index (κ3) is 5.25. The highest BCUT2D eigenvalue weighted by atomic mass is 32.1. The Balaban J connectivity index is 1.30. The molecular formula is C24H37N5O2S. The molecule has 176 valence electrons. The summed E-state index contributed by atoms with van der Waals surface area (Å²) in [6.07, 6.45) is 6.70. The van der Waals surface area contributed by atoms with Crippen LogP contribution in [0.3, 0.4) is 0 Å². The lowest BCUT2D eigenvalue weighted by molar-refractivity contribution is -0.0678. The summed E-state index contributed by atoms with van der Waals surface area (Å²) in [5.74, 6) is 2.00. The zero-order valence-corrected chi connectivity index (χ0v) is 20.4. The first-order chi connectivity index (χ1) is 15.7. The van der Waals surface area contributed by atoms with Crippen molar-refractivity contribution in [2.45, 2.75) is 64.7 Å². The SMILES string of the molecule is CC1CN(CCCNc2nc(CN3CCOCC3)nc3sc4c(c23)CCCC4)CC(C)O1. The molecule has 2 aromatic heterocycles. The standard InChI is InChI=1S/C24H37N5O2S/c1-17-14-29(15-18(2)31-17)9-5-8-25-23-22-19-6-3-4-7-20(19)32-24(22)27-21(26-23)16-28-10-12-30-13-11-28/h17-18H,3-16H2,1-2H3,(H,25,26,27). The van der Waals surface area contributed by atoms with Gasteiger partial charge in [0, 0.05) is 44.1 Å². The van der Waals surface area contributed by atoms with E-state index in [1.54, 1.807) is 0 Å². The molecule has 0 aromatic carbocycles. The number of nitrogens with one attached hydrogen (secondary N) is 1. The van der Waals surface area contributed by atoms with Crippen molar-refractivity contribution in [1.82, 2.24) is 19.8 Å². The number of rotatable bonds is 7. The second kappa shape index (κ2) is 10.3. The highest BCUT2D eigenvalue weighted by Gasteiger charge is 2.23. The molecule has 2 saturated heterocycles. The van der Waals surface area contributed by atoms with E-state index in [9.17, 15) is 0 Å². The number of hydrogen-bond acceptors (Lipinski definition) is 8. The average Bonchev–Trinajstić information content (AvgIpc) is 3.15. The zero-order valence-electron chi connectivity index (χ0n) is 19.6. The Hall–Kier alpha value is -1.32. The number of aromatic nitrogens is 2. The average molecular weight is 460 g/mol. The maximum atomic E-state index is 5.87. The molecule has 7 nitrogen and oxygen atoms in total. The molecule has 0 bridgehead atoms. The Labute approximate surface area is 195 Å². The van der Waals surface area contributed by atoms with Crippen LogP contribution >= 0.6 is 11.3 Å². The number of fused-ring (bicyclic) bond motifs is 3. The molecule has 0 radical (unpaired) electrons. The molecule has 2 atom stereocenters. The first-order valence-electron chi connectivity index (χ1n) is 12.4. The highest BCUT2D eigenvalue weighted by molar-refractivity contribution is 7.19. The van der Waals surface area contributed by atoms with Crippen LogP contribution in [0.5, 0.6) is 0 Å². The number of morpholine rings is 2. The first-order valence-corrected chi connectivity index (χ1v) is 13.2. The van der Waals surface area contributed by atoms with Crippen LogP contribution in [0, 0.1) is 0 Å². The van der Waals surface area contributed by atoms with Gasteiger partial charge in [-0.15, -0.1) is 11.3 Å². The van der Waals surface area contributed by atoms with E-state index in [0.29, 0.717) is 12.2 Å². The Morgan fingerprint density at radius 2 is 1.81 bits per heavy atom. The number of ether oxygens (including phenoxy) is 2. The monoisotopic (exact) mass is 459 g/mol. The van der Waals surface area contributed by atoms with Crippen molar-refractivity contribution in [3.8, 4) is 0 Å². The van der Waals surface area contributed by atoms with Crippen molar-refractivity contribution in [1.29, 1.82) is 0 Å². The fourth-order valence-electron chi connectivity index (χ4n) is 5.34. The van der Waals surface area contributed by atoms with Gasteiger partial charge in [0.15, 0.2) is 0 Å². The molecule has 8 heteroatoms. The molecule has 1 N–H and O–H groups in total. The summed E-state index contributed by atoms with van der Waals surface area (Å²) in [6.45, 7) is 12.8. The van der Waals surface area contributed by atoms with Gasteiger partial charge in [0.1, 0.15) is 16.5 Å². The summed E-state index contributed by atoms with van der Waals surface area (Å²) in [6, 6.07) is 0. The predicted molar refractivity (Wildman–Crippen MR) is 130 cm³/mol. The van der Waals surface area contributed by atoms with Crippen molar-refractivity contribution in [3.05, 3.63) is 16.3 Å². The minimum absolute atomic E-state index is 0.327. The van der Waals surface area contributed by atoms with Gasteiger partial charge in [-0.05, 0) is 51.5 Å². The van der Waals surface area contributed by atoms with E-state index in [-0.39, 0.29) is 0 Å². The molecule has 3 aliphatic rings. The van der Waals surface area contributed by atoms with Crippen LogP contribution < -0.4 is 5.32 Å². The predicted octanol–water partition coefficient (Wildman–Crippen LogP) is 3.31. The molecule has 2 aromatic rings. The van der Waals surface area contributed by atoms with Crippen LogP contribution in [-0.2, 0) is 28.9 Å².